The van der Waals surface area contributed by atoms with Crippen LogP contribution < -0.4 is 5.73 Å². The average Bonchev–Trinajstić information content (AvgIpc) is 2.34. The van der Waals surface area contributed by atoms with Crippen LogP contribution in [0.2, 0.25) is 5.02 Å². The van der Waals surface area contributed by atoms with E-state index in [9.17, 15) is 4.79 Å². The molecule has 0 fully saturated rings. The number of nitrogens with two attached hydrogens (primary N) is 1. The summed E-state index contributed by atoms with van der Waals surface area (Å²) in [6, 6.07) is 8.26. The summed E-state index contributed by atoms with van der Waals surface area (Å²) in [5.74, 6) is -1.05. The lowest BCUT2D eigenvalue weighted by atomic mass is 10.2. The molecule has 0 amide bonds. The Labute approximate surface area is 113 Å². The van der Waals surface area contributed by atoms with Gasteiger partial charge in [0.25, 0.3) is 0 Å². The van der Waals surface area contributed by atoms with E-state index in [0.29, 0.717) is 10.0 Å². The van der Waals surface area contributed by atoms with E-state index in [0.717, 1.165) is 4.90 Å². The highest BCUT2D eigenvalue weighted by atomic mass is 35.5. The number of hydrogen-bond donors (Lipinski definition) is 2. The Kier molecular flexibility index (Phi) is 3.74. The van der Waals surface area contributed by atoms with Gasteiger partial charge >= 0.3 is 5.97 Å². The summed E-state index contributed by atoms with van der Waals surface area (Å²) in [6.07, 6.45) is 1.63. The summed E-state index contributed by atoms with van der Waals surface area (Å²) in [6.45, 7) is 0. The molecule has 1 aromatic carbocycles. The lowest BCUT2D eigenvalue weighted by Gasteiger charge is -2.05. The number of anilines is 1. The van der Waals surface area contributed by atoms with Crippen LogP contribution >= 0.6 is 23.4 Å². The molecule has 1 aromatic heterocycles. The van der Waals surface area contributed by atoms with Crippen molar-refractivity contribution in [1.82, 2.24) is 4.98 Å². The van der Waals surface area contributed by atoms with Crippen molar-refractivity contribution in [3.05, 3.63) is 47.1 Å². The van der Waals surface area contributed by atoms with Crippen LogP contribution in [-0.4, -0.2) is 16.1 Å². The Morgan fingerprint density at radius 1 is 1.39 bits per heavy atom. The first-order chi connectivity index (χ1) is 8.58. The molecular weight excluding hydrogens is 272 g/mol. The molecule has 0 aliphatic rings. The first kappa shape index (κ1) is 12.7. The van der Waals surface area contributed by atoms with E-state index in [2.05, 4.69) is 4.98 Å². The number of benzene rings is 1. The van der Waals surface area contributed by atoms with E-state index in [1.165, 1.54) is 17.8 Å². The second kappa shape index (κ2) is 5.29. The number of carboxylic acid groups (broad SMARTS) is 1. The van der Waals surface area contributed by atoms with Gasteiger partial charge in [-0.3, -0.25) is 0 Å². The molecule has 18 heavy (non-hydrogen) atoms. The summed E-state index contributed by atoms with van der Waals surface area (Å²) in [5, 5.41) is 10.1. The maximum atomic E-state index is 11.0. The molecule has 0 spiro atoms. The van der Waals surface area contributed by atoms with E-state index in [-0.39, 0.29) is 11.3 Å². The number of carbonyl (C=O) groups is 1. The largest absolute Gasteiger partial charge is 0.478 e. The fourth-order valence-corrected chi connectivity index (χ4v) is 2.39. The number of aromatic carboxylic acids is 1. The second-order valence-electron chi connectivity index (χ2n) is 3.45. The topological polar surface area (TPSA) is 76.2 Å². The number of rotatable bonds is 3. The number of carboxylic acids is 1. The van der Waals surface area contributed by atoms with E-state index >= 15 is 0 Å². The van der Waals surface area contributed by atoms with Crippen LogP contribution in [0.5, 0.6) is 0 Å². The quantitative estimate of drug-likeness (QED) is 0.845. The molecule has 0 saturated heterocycles. The molecule has 1 heterocycles. The van der Waals surface area contributed by atoms with Crippen LogP contribution in [0.15, 0.2) is 46.5 Å². The predicted molar refractivity (Wildman–Crippen MR) is 71.2 cm³/mol. The normalized spacial score (nSPS) is 10.3. The Bertz CT molecular complexity index is 604. The third-order valence-electron chi connectivity index (χ3n) is 2.19. The molecular formula is C12H9ClN2O2S. The summed E-state index contributed by atoms with van der Waals surface area (Å²) in [7, 11) is 0. The molecule has 92 valence electrons. The monoisotopic (exact) mass is 280 g/mol. The molecule has 6 heteroatoms. The summed E-state index contributed by atoms with van der Waals surface area (Å²) < 4.78 is 0. The number of hydrogen-bond acceptors (Lipinski definition) is 4. The minimum atomic E-state index is -1.05. The van der Waals surface area contributed by atoms with Crippen molar-refractivity contribution in [3.8, 4) is 0 Å². The molecule has 0 radical (unpaired) electrons. The van der Waals surface area contributed by atoms with Gasteiger partial charge in [0.2, 0.25) is 0 Å². The van der Waals surface area contributed by atoms with E-state index in [4.69, 9.17) is 22.4 Å². The van der Waals surface area contributed by atoms with E-state index < -0.39 is 5.97 Å². The molecule has 0 unspecified atom stereocenters. The van der Waals surface area contributed by atoms with Gasteiger partial charge in [0.15, 0.2) is 0 Å². The lowest BCUT2D eigenvalue weighted by Crippen LogP contribution is -2.02. The van der Waals surface area contributed by atoms with Crippen molar-refractivity contribution < 1.29 is 9.90 Å². The molecule has 0 atom stereocenters. The van der Waals surface area contributed by atoms with Crippen LogP contribution in [0.3, 0.4) is 0 Å². The van der Waals surface area contributed by atoms with Crippen LogP contribution in [0, 0.1) is 0 Å². The van der Waals surface area contributed by atoms with Gasteiger partial charge in [-0.25, -0.2) is 9.78 Å². The fourth-order valence-electron chi connectivity index (χ4n) is 1.34. The Hall–Kier alpha value is -1.72. The number of aromatic nitrogens is 1. The van der Waals surface area contributed by atoms with Gasteiger partial charge in [-0.1, -0.05) is 23.4 Å². The third kappa shape index (κ3) is 2.75. The zero-order valence-corrected chi connectivity index (χ0v) is 10.7. The number of nitrogen functional groups attached to an aromatic ring is 1. The molecule has 0 saturated carbocycles. The van der Waals surface area contributed by atoms with Crippen molar-refractivity contribution in [2.75, 3.05) is 5.73 Å². The highest BCUT2D eigenvalue weighted by Crippen LogP contribution is 2.32. The summed E-state index contributed by atoms with van der Waals surface area (Å²) in [5.41, 5.74) is 5.89. The van der Waals surface area contributed by atoms with Crippen LogP contribution in [0.25, 0.3) is 0 Å². The highest BCUT2D eigenvalue weighted by Gasteiger charge is 2.10. The smallest absolute Gasteiger partial charge is 0.337 e. The van der Waals surface area contributed by atoms with Gasteiger partial charge < -0.3 is 10.8 Å². The summed E-state index contributed by atoms with van der Waals surface area (Å²) in [4.78, 5) is 15.8. The molecule has 2 aromatic rings. The van der Waals surface area contributed by atoms with Crippen molar-refractivity contribution in [2.24, 2.45) is 0 Å². The van der Waals surface area contributed by atoms with Gasteiger partial charge in [-0.05, 0) is 30.3 Å². The highest BCUT2D eigenvalue weighted by molar-refractivity contribution is 7.99. The molecule has 2 rings (SSSR count). The molecule has 0 aliphatic heterocycles. The Morgan fingerprint density at radius 2 is 2.17 bits per heavy atom. The Balaban J connectivity index is 2.33. The van der Waals surface area contributed by atoms with Crippen LogP contribution in [0.1, 0.15) is 10.4 Å². The first-order valence-electron chi connectivity index (χ1n) is 4.99. The minimum Gasteiger partial charge on any atom is -0.478 e. The van der Waals surface area contributed by atoms with Crippen molar-refractivity contribution >= 4 is 35.0 Å². The summed E-state index contributed by atoms with van der Waals surface area (Å²) >= 11 is 7.28. The van der Waals surface area contributed by atoms with Gasteiger partial charge in [0.05, 0.1) is 10.6 Å². The van der Waals surface area contributed by atoms with Crippen molar-refractivity contribution in [3.63, 3.8) is 0 Å². The van der Waals surface area contributed by atoms with Gasteiger partial charge in [-0.2, -0.15) is 0 Å². The van der Waals surface area contributed by atoms with E-state index in [1.54, 1.807) is 30.5 Å². The fraction of sp³-hybridized carbons (Fsp3) is 0. The molecule has 4 nitrogen and oxygen atoms in total. The van der Waals surface area contributed by atoms with Gasteiger partial charge in [0.1, 0.15) is 5.03 Å². The van der Waals surface area contributed by atoms with Crippen LogP contribution in [0.4, 0.5) is 5.69 Å². The maximum absolute atomic E-state index is 11.0. The standard InChI is InChI=1S/C12H9ClN2O2S/c13-9-2-1-5-15-11(9)18-7-3-4-10(14)8(6-7)12(16)17/h1-6H,14H2,(H,16,17). The predicted octanol–water partition coefficient (Wildman–Crippen LogP) is 3.17. The molecule has 0 aliphatic carbocycles. The van der Waals surface area contributed by atoms with Crippen LogP contribution in [-0.2, 0) is 0 Å². The average molecular weight is 281 g/mol. The van der Waals surface area contributed by atoms with Crippen molar-refractivity contribution in [2.45, 2.75) is 9.92 Å². The molecule has 3 N–H and O–H groups in total. The number of pyridine rings is 1. The Morgan fingerprint density at radius 3 is 2.83 bits per heavy atom. The number of nitrogens with zero attached hydrogens (tertiary/aromatic N) is 1. The number of halogens is 1. The second-order valence-corrected chi connectivity index (χ2v) is 4.92. The molecule has 0 bridgehead atoms. The first-order valence-corrected chi connectivity index (χ1v) is 6.18. The van der Waals surface area contributed by atoms with Gasteiger partial charge in [0, 0.05) is 16.8 Å². The zero-order chi connectivity index (χ0) is 13.1. The zero-order valence-electron chi connectivity index (χ0n) is 9.13. The van der Waals surface area contributed by atoms with E-state index in [1.807, 2.05) is 0 Å². The maximum Gasteiger partial charge on any atom is 0.337 e. The minimum absolute atomic E-state index is 0.0760. The lowest BCUT2D eigenvalue weighted by molar-refractivity contribution is 0.0698. The SMILES string of the molecule is Nc1ccc(Sc2ncccc2Cl)cc1C(=O)O. The van der Waals surface area contributed by atoms with Crippen molar-refractivity contribution in [1.29, 1.82) is 0 Å². The third-order valence-corrected chi connectivity index (χ3v) is 3.62. The van der Waals surface area contributed by atoms with Gasteiger partial charge in [-0.15, -0.1) is 0 Å².